The smallest absolute Gasteiger partial charge is 0.262 e. The van der Waals surface area contributed by atoms with Gasteiger partial charge in [0.25, 0.3) is 5.91 Å². The number of carboxylic acids is 1. The number of hydrogen-bond acceptors (Lipinski definition) is 5. The van der Waals surface area contributed by atoms with Gasteiger partial charge in [-0.1, -0.05) is 12.1 Å². The number of rotatable bonds is 8. The van der Waals surface area contributed by atoms with Gasteiger partial charge < -0.3 is 20.0 Å². The first-order valence-electron chi connectivity index (χ1n) is 6.94. The van der Waals surface area contributed by atoms with E-state index in [1.54, 1.807) is 12.3 Å². The molecule has 0 bridgehead atoms. The highest BCUT2D eigenvalue weighted by Gasteiger charge is 2.08. The Bertz CT molecular complexity index is 687. The predicted molar refractivity (Wildman–Crippen MR) is 77.0 cm³/mol. The zero-order chi connectivity index (χ0) is 16.7. The molecule has 0 fully saturated rings. The van der Waals surface area contributed by atoms with Crippen LogP contribution in [0.15, 0.2) is 36.7 Å². The number of nitrogens with one attached hydrogen (secondary N) is 1. The normalized spacial score (nSPS) is 10.3. The molecule has 122 valence electrons. The van der Waals surface area contributed by atoms with Crippen molar-refractivity contribution in [3.05, 3.63) is 42.5 Å². The largest absolute Gasteiger partial charge is 0.550 e. The molecule has 0 atom stereocenters. The van der Waals surface area contributed by atoms with Crippen molar-refractivity contribution in [3.8, 4) is 5.75 Å². The van der Waals surface area contributed by atoms with Gasteiger partial charge in [0.15, 0.2) is 18.2 Å². The Morgan fingerprint density at radius 3 is 2.87 bits per heavy atom. The van der Waals surface area contributed by atoms with Crippen LogP contribution >= 0.6 is 0 Å². The third-order valence-corrected chi connectivity index (χ3v) is 2.88. The second kappa shape index (κ2) is 7.92. The maximum absolute atomic E-state index is 13.3. The van der Waals surface area contributed by atoms with Crippen LogP contribution in [-0.2, 0) is 16.1 Å². The van der Waals surface area contributed by atoms with Gasteiger partial charge in [-0.25, -0.2) is 4.39 Å². The number of para-hydroxylation sites is 1. The van der Waals surface area contributed by atoms with Crippen LogP contribution in [0.4, 0.5) is 10.1 Å². The van der Waals surface area contributed by atoms with Crippen LogP contribution in [0.25, 0.3) is 0 Å². The summed E-state index contributed by atoms with van der Waals surface area (Å²) in [5.41, 5.74) is 0.445. The molecule has 1 N–H and O–H groups in total. The fourth-order valence-corrected chi connectivity index (χ4v) is 1.84. The second-order valence-electron chi connectivity index (χ2n) is 4.73. The zero-order valence-corrected chi connectivity index (χ0v) is 12.2. The fraction of sp³-hybridized carbons (Fsp3) is 0.267. The number of aryl methyl sites for hydroxylation is 1. The number of anilines is 1. The van der Waals surface area contributed by atoms with Crippen molar-refractivity contribution in [2.45, 2.75) is 19.4 Å². The summed E-state index contributed by atoms with van der Waals surface area (Å²) in [4.78, 5) is 22.0. The van der Waals surface area contributed by atoms with E-state index < -0.39 is 17.7 Å². The Hall–Kier alpha value is -2.90. The third-order valence-electron chi connectivity index (χ3n) is 2.88. The van der Waals surface area contributed by atoms with Gasteiger partial charge >= 0.3 is 0 Å². The summed E-state index contributed by atoms with van der Waals surface area (Å²) in [6.07, 6.45) is 3.32. The second-order valence-corrected chi connectivity index (χ2v) is 4.73. The molecule has 8 heteroatoms. The van der Waals surface area contributed by atoms with Crippen molar-refractivity contribution in [1.82, 2.24) is 9.78 Å². The molecule has 2 aromatic rings. The number of halogens is 1. The molecular weight excluding hydrogens is 305 g/mol. The van der Waals surface area contributed by atoms with Crippen LogP contribution in [0.2, 0.25) is 0 Å². The molecule has 1 amide bonds. The number of amides is 1. The lowest BCUT2D eigenvalue weighted by molar-refractivity contribution is -0.305. The molecule has 1 heterocycles. The first kappa shape index (κ1) is 16.5. The van der Waals surface area contributed by atoms with E-state index in [2.05, 4.69) is 10.4 Å². The molecule has 0 spiro atoms. The maximum atomic E-state index is 13.3. The SMILES string of the molecule is O=C([O-])CCCn1cc(NC(=O)COc2ccccc2F)cn1. The summed E-state index contributed by atoms with van der Waals surface area (Å²) >= 11 is 0. The lowest BCUT2D eigenvalue weighted by atomic mass is 10.3. The van der Waals surface area contributed by atoms with E-state index in [0.29, 0.717) is 18.7 Å². The fourth-order valence-electron chi connectivity index (χ4n) is 1.84. The predicted octanol–water partition coefficient (Wildman–Crippen LogP) is 0.570. The minimum atomic E-state index is -1.11. The Morgan fingerprint density at radius 1 is 1.35 bits per heavy atom. The Kier molecular flexibility index (Phi) is 5.67. The van der Waals surface area contributed by atoms with Crippen molar-refractivity contribution in [2.24, 2.45) is 0 Å². The summed E-state index contributed by atoms with van der Waals surface area (Å²) in [7, 11) is 0. The number of carboxylic acid groups (broad SMARTS) is 1. The topological polar surface area (TPSA) is 96.3 Å². The molecule has 1 aromatic heterocycles. The third kappa shape index (κ3) is 5.42. The van der Waals surface area contributed by atoms with Gasteiger partial charge in [-0.05, 0) is 25.0 Å². The molecule has 0 aliphatic rings. The molecule has 0 aliphatic carbocycles. The molecule has 0 saturated carbocycles. The molecule has 0 unspecified atom stereocenters. The molecule has 0 radical (unpaired) electrons. The average molecular weight is 320 g/mol. The van der Waals surface area contributed by atoms with Crippen LogP contribution in [0.3, 0.4) is 0 Å². The highest BCUT2D eigenvalue weighted by molar-refractivity contribution is 5.91. The van der Waals surface area contributed by atoms with Crippen molar-refractivity contribution < 1.29 is 23.8 Å². The number of aliphatic carboxylic acids is 1. The molecular formula is C15H15FN3O4-. The first-order chi connectivity index (χ1) is 11.0. The van der Waals surface area contributed by atoms with Gasteiger partial charge in [0.1, 0.15) is 0 Å². The number of aromatic nitrogens is 2. The Labute approximate surface area is 131 Å². The number of benzene rings is 1. The quantitative estimate of drug-likeness (QED) is 0.767. The van der Waals surface area contributed by atoms with Crippen LogP contribution in [0, 0.1) is 5.82 Å². The maximum Gasteiger partial charge on any atom is 0.262 e. The van der Waals surface area contributed by atoms with E-state index in [4.69, 9.17) is 4.74 Å². The van der Waals surface area contributed by atoms with Gasteiger partial charge in [0, 0.05) is 18.7 Å². The minimum absolute atomic E-state index is 0.000579. The van der Waals surface area contributed by atoms with E-state index in [0.717, 1.165) is 0 Å². The van der Waals surface area contributed by atoms with Crippen molar-refractivity contribution in [1.29, 1.82) is 0 Å². The first-order valence-corrected chi connectivity index (χ1v) is 6.94. The minimum Gasteiger partial charge on any atom is -0.550 e. The van der Waals surface area contributed by atoms with Crippen LogP contribution in [0.5, 0.6) is 5.75 Å². The van der Waals surface area contributed by atoms with E-state index >= 15 is 0 Å². The molecule has 7 nitrogen and oxygen atoms in total. The number of carbonyl (C=O) groups excluding carboxylic acids is 2. The summed E-state index contributed by atoms with van der Waals surface area (Å²) in [6.45, 7) is 0.0619. The Balaban J connectivity index is 1.78. The average Bonchev–Trinajstić information content (AvgIpc) is 2.93. The van der Waals surface area contributed by atoms with Gasteiger partial charge in [-0.15, -0.1) is 0 Å². The summed E-state index contributed by atoms with van der Waals surface area (Å²) in [6, 6.07) is 5.80. The summed E-state index contributed by atoms with van der Waals surface area (Å²) in [5, 5.41) is 16.9. The number of ether oxygens (including phenoxy) is 1. The van der Waals surface area contributed by atoms with Gasteiger partial charge in [-0.3, -0.25) is 9.48 Å². The van der Waals surface area contributed by atoms with Crippen LogP contribution in [-0.4, -0.2) is 28.3 Å². The molecule has 23 heavy (non-hydrogen) atoms. The Morgan fingerprint density at radius 2 is 2.13 bits per heavy atom. The highest BCUT2D eigenvalue weighted by atomic mass is 19.1. The lowest BCUT2D eigenvalue weighted by Crippen LogP contribution is -2.22. The highest BCUT2D eigenvalue weighted by Crippen LogP contribution is 2.15. The number of carbonyl (C=O) groups is 2. The van der Waals surface area contributed by atoms with Crippen LogP contribution < -0.4 is 15.2 Å². The van der Waals surface area contributed by atoms with Crippen LogP contribution in [0.1, 0.15) is 12.8 Å². The van der Waals surface area contributed by atoms with E-state index in [9.17, 15) is 19.1 Å². The lowest BCUT2D eigenvalue weighted by Gasteiger charge is -2.06. The zero-order valence-electron chi connectivity index (χ0n) is 12.2. The number of hydrogen-bond donors (Lipinski definition) is 1. The van der Waals surface area contributed by atoms with Gasteiger partial charge in [-0.2, -0.15) is 5.10 Å². The van der Waals surface area contributed by atoms with Crippen molar-refractivity contribution in [2.75, 3.05) is 11.9 Å². The van der Waals surface area contributed by atoms with E-state index in [1.807, 2.05) is 0 Å². The summed E-state index contributed by atoms with van der Waals surface area (Å²) < 4.78 is 19.9. The molecule has 2 rings (SSSR count). The molecule has 1 aromatic carbocycles. The van der Waals surface area contributed by atoms with E-state index in [-0.39, 0.29) is 18.8 Å². The van der Waals surface area contributed by atoms with Gasteiger partial charge in [0.2, 0.25) is 0 Å². The number of nitrogens with zero attached hydrogens (tertiary/aromatic N) is 2. The standard InChI is InChI=1S/C15H16FN3O4/c16-12-4-1-2-5-13(12)23-10-14(20)18-11-8-17-19(9-11)7-3-6-15(21)22/h1-2,4-5,8-9H,3,6-7,10H2,(H,18,20)(H,21,22)/p-1. The van der Waals surface area contributed by atoms with E-state index in [1.165, 1.54) is 29.1 Å². The van der Waals surface area contributed by atoms with Gasteiger partial charge in [0.05, 0.1) is 11.9 Å². The monoisotopic (exact) mass is 320 g/mol. The summed E-state index contributed by atoms with van der Waals surface area (Å²) in [5.74, 6) is -2.11. The molecule has 0 saturated heterocycles. The molecule has 0 aliphatic heterocycles. The van der Waals surface area contributed by atoms with Crippen molar-refractivity contribution >= 4 is 17.6 Å². The van der Waals surface area contributed by atoms with Crippen molar-refractivity contribution in [3.63, 3.8) is 0 Å².